The van der Waals surface area contributed by atoms with E-state index in [4.69, 9.17) is 5.26 Å². The van der Waals surface area contributed by atoms with Crippen molar-refractivity contribution in [1.82, 2.24) is 9.97 Å². The lowest BCUT2D eigenvalue weighted by molar-refractivity contribution is -0.119. The van der Waals surface area contributed by atoms with Gasteiger partial charge in [-0.05, 0) is 18.2 Å². The molecule has 0 bridgehead atoms. The first-order valence-corrected chi connectivity index (χ1v) is 6.29. The van der Waals surface area contributed by atoms with E-state index in [0.717, 1.165) is 6.07 Å². The number of nitrogens with zero attached hydrogens (tertiary/aromatic N) is 1. The summed E-state index contributed by atoms with van der Waals surface area (Å²) in [6.07, 6.45) is 0. The molecule has 0 radical (unpaired) electrons. The summed E-state index contributed by atoms with van der Waals surface area (Å²) in [6.45, 7) is -0.621. The van der Waals surface area contributed by atoms with Gasteiger partial charge in [-0.3, -0.25) is 14.6 Å². The number of amides is 1. The van der Waals surface area contributed by atoms with Crippen LogP contribution in [0.5, 0.6) is 0 Å². The highest BCUT2D eigenvalue weighted by atomic mass is 16.5. The first kappa shape index (κ1) is 15.7. The maximum Gasteiger partial charge on any atom is 0.355 e. The molecule has 9 nitrogen and oxygen atoms in total. The zero-order valence-electron chi connectivity index (χ0n) is 11.6. The summed E-state index contributed by atoms with van der Waals surface area (Å²) >= 11 is 0. The summed E-state index contributed by atoms with van der Waals surface area (Å²) < 4.78 is 4.69. The Bertz CT molecular complexity index is 878. The monoisotopic (exact) mass is 314 g/mol. The van der Waals surface area contributed by atoms with E-state index in [1.807, 2.05) is 11.1 Å². The van der Waals surface area contributed by atoms with Gasteiger partial charge >= 0.3 is 11.7 Å². The van der Waals surface area contributed by atoms with Gasteiger partial charge in [0.25, 0.3) is 11.5 Å². The van der Waals surface area contributed by atoms with Crippen LogP contribution in [0, 0.1) is 11.3 Å². The third-order valence-electron chi connectivity index (χ3n) is 2.59. The van der Waals surface area contributed by atoms with Crippen LogP contribution in [0.3, 0.4) is 0 Å². The Morgan fingerprint density at radius 3 is 2.70 bits per heavy atom. The van der Waals surface area contributed by atoms with E-state index in [1.165, 1.54) is 6.07 Å². The zero-order valence-corrected chi connectivity index (χ0v) is 11.6. The molecule has 0 spiro atoms. The minimum atomic E-state index is -1.02. The summed E-state index contributed by atoms with van der Waals surface area (Å²) in [6, 6.07) is 8.93. The molecular formula is C14H10N4O5. The molecule has 0 unspecified atom stereocenters. The molecule has 0 atom stereocenters. The molecule has 1 aromatic carbocycles. The summed E-state index contributed by atoms with van der Waals surface area (Å²) in [5.74, 6) is -1.66. The Balaban J connectivity index is 1.96. The molecule has 1 aromatic heterocycles. The van der Waals surface area contributed by atoms with Crippen molar-refractivity contribution in [2.75, 3.05) is 11.9 Å². The molecule has 0 aliphatic carbocycles. The normalized spacial score (nSPS) is 9.70. The van der Waals surface area contributed by atoms with Crippen LogP contribution in [0.4, 0.5) is 5.69 Å². The van der Waals surface area contributed by atoms with Crippen molar-refractivity contribution in [2.24, 2.45) is 0 Å². The van der Waals surface area contributed by atoms with E-state index in [2.05, 4.69) is 15.0 Å². The van der Waals surface area contributed by atoms with Crippen molar-refractivity contribution in [3.8, 4) is 6.07 Å². The predicted octanol–water partition coefficient (Wildman–Crippen LogP) is -0.270. The number of hydrogen-bond donors (Lipinski definition) is 3. The SMILES string of the molecule is N#Cc1cccc(NC(=O)COC(=O)c2cc(=O)[nH]c(=O)[nH]2)c1. The van der Waals surface area contributed by atoms with Gasteiger partial charge in [0.1, 0.15) is 5.69 Å². The van der Waals surface area contributed by atoms with Crippen LogP contribution in [-0.2, 0) is 9.53 Å². The summed E-state index contributed by atoms with van der Waals surface area (Å²) in [4.78, 5) is 49.4. The quantitative estimate of drug-likeness (QED) is 0.662. The number of anilines is 1. The van der Waals surface area contributed by atoms with Crippen molar-refractivity contribution in [1.29, 1.82) is 5.26 Å². The standard InChI is InChI=1S/C14H10N4O5/c15-6-8-2-1-3-9(4-8)16-12(20)7-23-13(21)10-5-11(19)18-14(22)17-10/h1-5H,7H2,(H,16,20)(H2,17,18,19,22). The maximum atomic E-state index is 11.7. The molecule has 0 fully saturated rings. The Morgan fingerprint density at radius 2 is 2.00 bits per heavy atom. The number of carbonyl (C=O) groups excluding carboxylic acids is 2. The van der Waals surface area contributed by atoms with Gasteiger partial charge in [-0.1, -0.05) is 6.07 Å². The fourth-order valence-electron chi connectivity index (χ4n) is 1.65. The average molecular weight is 314 g/mol. The number of nitriles is 1. The number of nitrogens with one attached hydrogen (secondary N) is 3. The lowest BCUT2D eigenvalue weighted by Gasteiger charge is -2.06. The highest BCUT2D eigenvalue weighted by Gasteiger charge is 2.12. The van der Waals surface area contributed by atoms with E-state index >= 15 is 0 Å². The van der Waals surface area contributed by atoms with Gasteiger partial charge in [-0.15, -0.1) is 0 Å². The summed E-state index contributed by atoms with van der Waals surface area (Å²) in [7, 11) is 0. The lowest BCUT2D eigenvalue weighted by atomic mass is 10.2. The van der Waals surface area contributed by atoms with Gasteiger partial charge in [0, 0.05) is 11.8 Å². The molecular weight excluding hydrogens is 304 g/mol. The second-order valence-corrected chi connectivity index (χ2v) is 4.32. The number of hydrogen-bond acceptors (Lipinski definition) is 6. The van der Waals surface area contributed by atoms with Crippen LogP contribution in [0.15, 0.2) is 39.9 Å². The van der Waals surface area contributed by atoms with Crippen LogP contribution in [0.1, 0.15) is 16.1 Å². The number of benzene rings is 1. The van der Waals surface area contributed by atoms with Crippen LogP contribution in [0.2, 0.25) is 0 Å². The largest absolute Gasteiger partial charge is 0.451 e. The Labute approximate surface area is 128 Å². The molecule has 116 valence electrons. The zero-order chi connectivity index (χ0) is 16.8. The number of carbonyl (C=O) groups is 2. The Morgan fingerprint density at radius 1 is 1.22 bits per heavy atom. The molecule has 0 aliphatic rings. The number of H-pyrrole nitrogens is 2. The van der Waals surface area contributed by atoms with Crippen molar-refractivity contribution in [3.05, 3.63) is 62.4 Å². The Kier molecular flexibility index (Phi) is 4.69. The van der Waals surface area contributed by atoms with Crippen LogP contribution >= 0.6 is 0 Å². The van der Waals surface area contributed by atoms with Crippen LogP contribution in [-0.4, -0.2) is 28.5 Å². The molecule has 0 saturated heterocycles. The van der Waals surface area contributed by atoms with E-state index < -0.39 is 29.7 Å². The smallest absolute Gasteiger partial charge is 0.355 e. The second-order valence-electron chi connectivity index (χ2n) is 4.32. The number of esters is 1. The highest BCUT2D eigenvalue weighted by molar-refractivity contribution is 5.94. The fourth-order valence-corrected chi connectivity index (χ4v) is 1.65. The maximum absolute atomic E-state index is 11.7. The van der Waals surface area contributed by atoms with Gasteiger partial charge in [0.15, 0.2) is 6.61 Å². The lowest BCUT2D eigenvalue weighted by Crippen LogP contribution is -2.27. The molecule has 2 rings (SSSR count). The van der Waals surface area contributed by atoms with E-state index in [9.17, 15) is 19.2 Å². The van der Waals surface area contributed by atoms with Gasteiger partial charge in [-0.25, -0.2) is 9.59 Å². The Hall–Kier alpha value is -3.67. The molecule has 0 saturated carbocycles. The molecule has 1 amide bonds. The molecule has 2 aromatic rings. The van der Waals surface area contributed by atoms with Crippen molar-refractivity contribution >= 4 is 17.6 Å². The minimum Gasteiger partial charge on any atom is -0.451 e. The molecule has 0 aliphatic heterocycles. The second kappa shape index (κ2) is 6.86. The summed E-state index contributed by atoms with van der Waals surface area (Å²) in [5.41, 5.74) is -1.26. The van der Waals surface area contributed by atoms with Gasteiger partial charge < -0.3 is 15.0 Å². The van der Waals surface area contributed by atoms with Crippen LogP contribution in [0.25, 0.3) is 0 Å². The number of aromatic nitrogens is 2. The average Bonchev–Trinajstić information content (AvgIpc) is 2.51. The molecule has 23 heavy (non-hydrogen) atoms. The van der Waals surface area contributed by atoms with Crippen molar-refractivity contribution < 1.29 is 14.3 Å². The topological polar surface area (TPSA) is 145 Å². The van der Waals surface area contributed by atoms with Gasteiger partial charge in [-0.2, -0.15) is 5.26 Å². The van der Waals surface area contributed by atoms with E-state index in [-0.39, 0.29) is 5.69 Å². The summed E-state index contributed by atoms with van der Waals surface area (Å²) in [5, 5.41) is 11.2. The number of ether oxygens (including phenoxy) is 1. The van der Waals surface area contributed by atoms with Crippen molar-refractivity contribution in [2.45, 2.75) is 0 Å². The third-order valence-corrected chi connectivity index (χ3v) is 2.59. The van der Waals surface area contributed by atoms with Crippen LogP contribution < -0.4 is 16.6 Å². The first-order valence-electron chi connectivity index (χ1n) is 6.29. The minimum absolute atomic E-state index is 0.362. The van der Waals surface area contributed by atoms with Gasteiger partial charge in [0.2, 0.25) is 0 Å². The first-order chi connectivity index (χ1) is 11.0. The highest BCUT2D eigenvalue weighted by Crippen LogP contribution is 2.09. The predicted molar refractivity (Wildman–Crippen MR) is 77.8 cm³/mol. The van der Waals surface area contributed by atoms with E-state index in [0.29, 0.717) is 11.3 Å². The number of rotatable bonds is 4. The third kappa shape index (κ3) is 4.40. The fraction of sp³-hybridized carbons (Fsp3) is 0.0714. The van der Waals surface area contributed by atoms with Gasteiger partial charge in [0.05, 0.1) is 11.6 Å². The molecule has 3 N–H and O–H groups in total. The molecule has 9 heteroatoms. The number of aromatic amines is 2. The van der Waals surface area contributed by atoms with Crippen molar-refractivity contribution in [3.63, 3.8) is 0 Å². The van der Waals surface area contributed by atoms with E-state index in [1.54, 1.807) is 18.2 Å². The molecule has 1 heterocycles.